The Labute approximate surface area is 143 Å². The van der Waals surface area contributed by atoms with Crippen LogP contribution in [0, 0.1) is 0 Å². The fourth-order valence-electron chi connectivity index (χ4n) is 2.19. The van der Waals surface area contributed by atoms with E-state index in [1.165, 1.54) is 5.56 Å². The summed E-state index contributed by atoms with van der Waals surface area (Å²) in [5.41, 5.74) is 2.23. The highest BCUT2D eigenvalue weighted by Gasteiger charge is 2.10. The number of halogens is 2. The Hall–Kier alpha value is -0.680. The van der Waals surface area contributed by atoms with E-state index in [4.69, 9.17) is 0 Å². The summed E-state index contributed by atoms with van der Waals surface area (Å²) in [5.74, 6) is 0. The van der Waals surface area contributed by atoms with Crippen LogP contribution in [0.2, 0.25) is 0 Å². The molecule has 4 heteroatoms. The Bertz CT molecular complexity index is 571. The summed E-state index contributed by atoms with van der Waals surface area (Å²) in [7, 11) is 2.08. The largest absolute Gasteiger partial charge is 0.388 e. The second-order valence-corrected chi connectivity index (χ2v) is 6.96. The highest BCUT2D eigenvalue weighted by molar-refractivity contribution is 9.10. The van der Waals surface area contributed by atoms with Crippen LogP contribution in [0.4, 0.5) is 0 Å². The third kappa shape index (κ3) is 5.22. The van der Waals surface area contributed by atoms with Crippen molar-refractivity contribution >= 4 is 31.9 Å². The van der Waals surface area contributed by atoms with Crippen LogP contribution < -0.4 is 0 Å². The zero-order valence-corrected chi connectivity index (χ0v) is 15.1. The average molecular weight is 413 g/mol. The fraction of sp³-hybridized carbons (Fsp3) is 0.294. The van der Waals surface area contributed by atoms with Crippen LogP contribution in [-0.2, 0) is 6.54 Å². The van der Waals surface area contributed by atoms with Gasteiger partial charge in [0.1, 0.15) is 0 Å². The van der Waals surface area contributed by atoms with Crippen LogP contribution in [0.1, 0.15) is 23.7 Å². The van der Waals surface area contributed by atoms with Gasteiger partial charge in [0.15, 0.2) is 0 Å². The molecule has 2 rings (SSSR count). The van der Waals surface area contributed by atoms with Crippen molar-refractivity contribution < 1.29 is 5.11 Å². The molecule has 0 saturated carbocycles. The molecule has 0 saturated heterocycles. The first-order chi connectivity index (χ1) is 10.1. The van der Waals surface area contributed by atoms with Gasteiger partial charge in [0.2, 0.25) is 0 Å². The van der Waals surface area contributed by atoms with Crippen molar-refractivity contribution in [3.8, 4) is 0 Å². The highest BCUT2D eigenvalue weighted by Crippen LogP contribution is 2.21. The number of hydrogen-bond acceptors (Lipinski definition) is 2. The highest BCUT2D eigenvalue weighted by atomic mass is 79.9. The Morgan fingerprint density at radius 3 is 2.38 bits per heavy atom. The van der Waals surface area contributed by atoms with Crippen molar-refractivity contribution in [2.24, 2.45) is 0 Å². The second kappa shape index (κ2) is 8.08. The van der Waals surface area contributed by atoms with E-state index in [9.17, 15) is 5.11 Å². The molecule has 2 aromatic rings. The number of rotatable bonds is 6. The van der Waals surface area contributed by atoms with Gasteiger partial charge in [-0.3, -0.25) is 0 Å². The van der Waals surface area contributed by atoms with Crippen molar-refractivity contribution in [2.75, 3.05) is 13.6 Å². The lowest BCUT2D eigenvalue weighted by molar-refractivity contribution is 0.147. The van der Waals surface area contributed by atoms with Crippen LogP contribution in [0.15, 0.2) is 57.5 Å². The molecule has 112 valence electrons. The third-order valence-corrected chi connectivity index (χ3v) is 4.74. The minimum absolute atomic E-state index is 0.417. The molecular weight excluding hydrogens is 394 g/mol. The van der Waals surface area contributed by atoms with Crippen LogP contribution in [0.25, 0.3) is 0 Å². The molecule has 0 heterocycles. The zero-order valence-electron chi connectivity index (χ0n) is 12.0. The van der Waals surface area contributed by atoms with Gasteiger partial charge in [0.05, 0.1) is 6.10 Å². The van der Waals surface area contributed by atoms with Crippen LogP contribution in [-0.4, -0.2) is 23.6 Å². The normalized spacial score (nSPS) is 12.6. The van der Waals surface area contributed by atoms with Gasteiger partial charge in [0, 0.05) is 22.0 Å². The molecule has 1 unspecified atom stereocenters. The Kier molecular flexibility index (Phi) is 6.42. The predicted molar refractivity (Wildman–Crippen MR) is 94.2 cm³/mol. The summed E-state index contributed by atoms with van der Waals surface area (Å²) in [5, 5.41) is 10.2. The molecule has 0 bridgehead atoms. The van der Waals surface area contributed by atoms with Gasteiger partial charge in [-0.05, 0) is 42.8 Å². The van der Waals surface area contributed by atoms with E-state index >= 15 is 0 Å². The van der Waals surface area contributed by atoms with Crippen LogP contribution in [0.5, 0.6) is 0 Å². The second-order valence-electron chi connectivity index (χ2n) is 5.19. The first-order valence-corrected chi connectivity index (χ1v) is 8.50. The summed E-state index contributed by atoms with van der Waals surface area (Å²) in [6.45, 7) is 1.72. The molecule has 0 aliphatic rings. The van der Waals surface area contributed by atoms with Crippen LogP contribution >= 0.6 is 31.9 Å². The number of aliphatic hydroxyl groups excluding tert-OH is 1. The molecule has 0 aromatic heterocycles. The van der Waals surface area contributed by atoms with Gasteiger partial charge in [-0.1, -0.05) is 62.2 Å². The molecule has 0 spiro atoms. The standard InChI is InChI=1S/C17H19Br2NO/c1-20(12-14-4-2-3-5-16(14)19)11-10-17(21)13-6-8-15(18)9-7-13/h2-9,17,21H,10-12H2,1H3. The molecule has 2 aromatic carbocycles. The molecule has 0 aliphatic heterocycles. The Balaban J connectivity index is 1.85. The Morgan fingerprint density at radius 2 is 1.71 bits per heavy atom. The molecule has 0 aliphatic carbocycles. The smallest absolute Gasteiger partial charge is 0.0802 e. The topological polar surface area (TPSA) is 23.5 Å². The summed E-state index contributed by atoms with van der Waals surface area (Å²) in [6, 6.07) is 16.1. The minimum atomic E-state index is -0.417. The molecule has 21 heavy (non-hydrogen) atoms. The maximum atomic E-state index is 10.2. The van der Waals surface area contributed by atoms with Crippen molar-refractivity contribution in [2.45, 2.75) is 19.1 Å². The van der Waals surface area contributed by atoms with Gasteiger partial charge in [-0.25, -0.2) is 0 Å². The average Bonchev–Trinajstić information content (AvgIpc) is 2.48. The van der Waals surface area contributed by atoms with Gasteiger partial charge < -0.3 is 10.0 Å². The minimum Gasteiger partial charge on any atom is -0.388 e. The summed E-state index contributed by atoms with van der Waals surface area (Å²) in [6.07, 6.45) is 0.308. The van der Waals surface area contributed by atoms with Crippen molar-refractivity contribution in [3.63, 3.8) is 0 Å². The third-order valence-electron chi connectivity index (χ3n) is 3.44. The monoisotopic (exact) mass is 411 g/mol. The Morgan fingerprint density at radius 1 is 1.05 bits per heavy atom. The number of benzene rings is 2. The first kappa shape index (κ1) is 16.7. The van der Waals surface area contributed by atoms with Gasteiger partial charge in [0.25, 0.3) is 0 Å². The van der Waals surface area contributed by atoms with Gasteiger partial charge in [-0.2, -0.15) is 0 Å². The van der Waals surface area contributed by atoms with Crippen molar-refractivity contribution in [1.82, 2.24) is 4.90 Å². The van der Waals surface area contributed by atoms with Crippen molar-refractivity contribution in [1.29, 1.82) is 0 Å². The lowest BCUT2D eigenvalue weighted by Gasteiger charge is -2.19. The lowest BCUT2D eigenvalue weighted by Crippen LogP contribution is -2.21. The zero-order chi connectivity index (χ0) is 15.2. The van der Waals surface area contributed by atoms with Gasteiger partial charge >= 0.3 is 0 Å². The van der Waals surface area contributed by atoms with E-state index in [0.717, 1.165) is 34.0 Å². The molecule has 0 amide bonds. The molecule has 1 atom stereocenters. The first-order valence-electron chi connectivity index (χ1n) is 6.92. The quantitative estimate of drug-likeness (QED) is 0.738. The molecule has 1 N–H and O–H groups in total. The molecule has 0 fully saturated rings. The number of aliphatic hydroxyl groups is 1. The van der Waals surface area contributed by atoms with E-state index in [1.54, 1.807) is 0 Å². The maximum absolute atomic E-state index is 10.2. The number of nitrogens with zero attached hydrogens (tertiary/aromatic N) is 1. The predicted octanol–water partition coefficient (Wildman–Crippen LogP) is 4.77. The molecule has 0 radical (unpaired) electrons. The van der Waals surface area contributed by atoms with E-state index in [1.807, 2.05) is 36.4 Å². The molecule has 2 nitrogen and oxygen atoms in total. The van der Waals surface area contributed by atoms with Crippen LogP contribution in [0.3, 0.4) is 0 Å². The SMILES string of the molecule is CN(CCC(O)c1ccc(Br)cc1)Cc1ccccc1Br. The van der Waals surface area contributed by atoms with E-state index in [0.29, 0.717) is 0 Å². The number of hydrogen-bond donors (Lipinski definition) is 1. The lowest BCUT2D eigenvalue weighted by atomic mass is 10.1. The maximum Gasteiger partial charge on any atom is 0.0802 e. The summed E-state index contributed by atoms with van der Waals surface area (Å²) in [4.78, 5) is 2.22. The van der Waals surface area contributed by atoms with E-state index < -0.39 is 6.10 Å². The fourth-order valence-corrected chi connectivity index (χ4v) is 2.87. The van der Waals surface area contributed by atoms with Gasteiger partial charge in [-0.15, -0.1) is 0 Å². The summed E-state index contributed by atoms with van der Waals surface area (Å²) >= 11 is 6.97. The molecular formula is C17H19Br2NO. The van der Waals surface area contributed by atoms with E-state index in [2.05, 4.69) is 55.9 Å². The van der Waals surface area contributed by atoms with Crippen molar-refractivity contribution in [3.05, 3.63) is 68.6 Å². The summed E-state index contributed by atoms with van der Waals surface area (Å²) < 4.78 is 2.16. The van der Waals surface area contributed by atoms with E-state index in [-0.39, 0.29) is 0 Å².